The highest BCUT2D eigenvalue weighted by molar-refractivity contribution is 6.30. The van der Waals surface area contributed by atoms with Crippen molar-refractivity contribution in [3.8, 4) is 11.5 Å². The quantitative estimate of drug-likeness (QED) is 0.342. The van der Waals surface area contributed by atoms with Crippen LogP contribution in [0.1, 0.15) is 33.7 Å². The number of rotatable bonds is 10. The molecular weight excluding hydrogens is 498 g/mol. The molecule has 2 aromatic heterocycles. The van der Waals surface area contributed by atoms with Gasteiger partial charge in [0.05, 0.1) is 22.9 Å². The Morgan fingerprint density at radius 2 is 1.89 bits per heavy atom. The number of nitrogens with one attached hydrogen (secondary N) is 3. The molecule has 10 nitrogen and oxygen atoms in total. The summed E-state index contributed by atoms with van der Waals surface area (Å²) in [5.41, 5.74) is 0.590. The molecule has 0 spiro atoms. The number of hydrogen-bond acceptors (Lipinski definition) is 8. The van der Waals surface area contributed by atoms with Gasteiger partial charge in [-0.3, -0.25) is 9.59 Å². The van der Waals surface area contributed by atoms with E-state index in [0.29, 0.717) is 41.1 Å². The van der Waals surface area contributed by atoms with Gasteiger partial charge in [0.1, 0.15) is 30.0 Å². The minimum absolute atomic E-state index is 0.0337. The molecule has 4 rings (SSSR count). The Morgan fingerprint density at radius 3 is 2.65 bits per heavy atom. The number of amides is 2. The first kappa shape index (κ1) is 26.3. The highest BCUT2D eigenvalue weighted by Gasteiger charge is 2.22. The molecular formula is C26H28ClN5O5. The monoisotopic (exact) mass is 525 g/mol. The molecule has 1 aliphatic heterocycles. The molecule has 0 saturated carbocycles. The summed E-state index contributed by atoms with van der Waals surface area (Å²) in [6.45, 7) is 2.48. The largest absolute Gasteiger partial charge is 0.491 e. The number of carbonyl (C=O) groups excluding carboxylic acids is 2. The van der Waals surface area contributed by atoms with Gasteiger partial charge in [-0.2, -0.15) is 0 Å². The van der Waals surface area contributed by atoms with Crippen LogP contribution in [-0.2, 0) is 4.74 Å². The molecule has 0 radical (unpaired) electrons. The Morgan fingerprint density at radius 1 is 1.05 bits per heavy atom. The molecule has 11 heteroatoms. The second kappa shape index (κ2) is 13.0. The first-order valence-electron chi connectivity index (χ1n) is 11.9. The zero-order chi connectivity index (χ0) is 26.0. The molecule has 3 N–H and O–H groups in total. The number of pyridine rings is 2. The van der Waals surface area contributed by atoms with E-state index in [9.17, 15) is 9.59 Å². The summed E-state index contributed by atoms with van der Waals surface area (Å²) >= 11 is 5.86. The molecule has 1 aromatic carbocycles. The Hall–Kier alpha value is -3.73. The maximum atomic E-state index is 13.4. The number of methoxy groups -OCH3 is 1. The Labute approximate surface area is 219 Å². The molecule has 3 aromatic rings. The predicted octanol–water partition coefficient (Wildman–Crippen LogP) is 3.79. The van der Waals surface area contributed by atoms with Crippen molar-refractivity contribution < 1.29 is 23.8 Å². The van der Waals surface area contributed by atoms with Crippen LogP contribution in [0.4, 0.5) is 11.5 Å². The summed E-state index contributed by atoms with van der Waals surface area (Å²) < 4.78 is 17.0. The van der Waals surface area contributed by atoms with Crippen LogP contribution in [0.15, 0.2) is 54.9 Å². The van der Waals surface area contributed by atoms with Crippen molar-refractivity contribution >= 4 is 34.9 Å². The summed E-state index contributed by atoms with van der Waals surface area (Å²) in [5, 5.41) is 9.20. The third kappa shape index (κ3) is 7.39. The first-order valence-corrected chi connectivity index (χ1v) is 12.2. The second-order valence-corrected chi connectivity index (χ2v) is 8.67. The SMILES string of the molecule is COCCOc1ccc(C(=O)Nc2cccnc2C(=O)Nc2ccc(Cl)cn2)c(OC2CCNCC2)c1. The number of piperidine rings is 1. The lowest BCUT2D eigenvalue weighted by molar-refractivity contribution is 0.101. The lowest BCUT2D eigenvalue weighted by atomic mass is 10.1. The van der Waals surface area contributed by atoms with Crippen LogP contribution in [0.25, 0.3) is 0 Å². The van der Waals surface area contributed by atoms with E-state index in [2.05, 4.69) is 25.9 Å². The van der Waals surface area contributed by atoms with Gasteiger partial charge in [0, 0.05) is 25.6 Å². The fraction of sp³-hybridized carbons (Fsp3) is 0.308. The molecule has 1 aliphatic rings. The number of carbonyl (C=O) groups is 2. The zero-order valence-corrected chi connectivity index (χ0v) is 21.1. The number of nitrogens with zero attached hydrogens (tertiary/aromatic N) is 2. The summed E-state index contributed by atoms with van der Waals surface area (Å²) in [5.74, 6) is 0.297. The summed E-state index contributed by atoms with van der Waals surface area (Å²) in [6, 6.07) is 11.5. The van der Waals surface area contributed by atoms with E-state index in [4.69, 9.17) is 25.8 Å². The predicted molar refractivity (Wildman–Crippen MR) is 140 cm³/mol. The zero-order valence-electron chi connectivity index (χ0n) is 20.3. The molecule has 0 bridgehead atoms. The van der Waals surface area contributed by atoms with Gasteiger partial charge in [0.25, 0.3) is 11.8 Å². The van der Waals surface area contributed by atoms with Crippen molar-refractivity contribution in [1.29, 1.82) is 0 Å². The summed E-state index contributed by atoms with van der Waals surface area (Å²) in [4.78, 5) is 34.5. The van der Waals surface area contributed by atoms with Crippen LogP contribution in [-0.4, -0.2) is 61.3 Å². The van der Waals surface area contributed by atoms with Crippen LogP contribution in [0.2, 0.25) is 5.02 Å². The lowest BCUT2D eigenvalue weighted by Crippen LogP contribution is -2.34. The second-order valence-electron chi connectivity index (χ2n) is 8.24. The number of ether oxygens (including phenoxy) is 3. The van der Waals surface area contributed by atoms with Crippen molar-refractivity contribution in [2.24, 2.45) is 0 Å². The minimum Gasteiger partial charge on any atom is -0.491 e. The van der Waals surface area contributed by atoms with E-state index in [1.807, 2.05) is 0 Å². The topological polar surface area (TPSA) is 124 Å². The van der Waals surface area contributed by atoms with E-state index in [-0.39, 0.29) is 17.5 Å². The Balaban J connectivity index is 1.54. The van der Waals surface area contributed by atoms with E-state index < -0.39 is 11.8 Å². The minimum atomic E-state index is -0.529. The third-order valence-electron chi connectivity index (χ3n) is 5.57. The fourth-order valence-corrected chi connectivity index (χ4v) is 3.83. The molecule has 1 fully saturated rings. The molecule has 1 saturated heterocycles. The van der Waals surface area contributed by atoms with Crippen molar-refractivity contribution in [3.63, 3.8) is 0 Å². The number of benzene rings is 1. The standard InChI is InChI=1S/C26H28ClN5O5/c1-35-13-14-36-19-5-6-20(22(15-19)37-18-8-11-28-12-9-18)25(33)31-21-3-2-10-29-24(21)26(34)32-23-7-4-17(27)16-30-23/h2-7,10,15-16,18,28H,8-9,11-14H2,1H3,(H,31,33)(H,30,32,34). The number of halogens is 1. The van der Waals surface area contributed by atoms with E-state index in [0.717, 1.165) is 25.9 Å². The summed E-state index contributed by atoms with van der Waals surface area (Å²) in [7, 11) is 1.60. The third-order valence-corrected chi connectivity index (χ3v) is 5.80. The van der Waals surface area contributed by atoms with Gasteiger partial charge in [0.15, 0.2) is 5.69 Å². The highest BCUT2D eigenvalue weighted by atomic mass is 35.5. The number of hydrogen-bond donors (Lipinski definition) is 3. The maximum Gasteiger partial charge on any atom is 0.277 e. The van der Waals surface area contributed by atoms with Crippen LogP contribution in [0, 0.1) is 0 Å². The first-order chi connectivity index (χ1) is 18.0. The van der Waals surface area contributed by atoms with Gasteiger partial charge in [-0.05, 0) is 62.3 Å². The van der Waals surface area contributed by atoms with Crippen LogP contribution in [0.5, 0.6) is 11.5 Å². The van der Waals surface area contributed by atoms with Crippen molar-refractivity contribution in [3.05, 3.63) is 71.1 Å². The van der Waals surface area contributed by atoms with Gasteiger partial charge < -0.3 is 30.2 Å². The van der Waals surface area contributed by atoms with E-state index in [1.165, 1.54) is 12.4 Å². The van der Waals surface area contributed by atoms with Gasteiger partial charge in [-0.25, -0.2) is 9.97 Å². The van der Waals surface area contributed by atoms with E-state index >= 15 is 0 Å². The van der Waals surface area contributed by atoms with Crippen molar-refractivity contribution in [2.45, 2.75) is 18.9 Å². The normalized spacial score (nSPS) is 13.6. The van der Waals surface area contributed by atoms with Crippen LogP contribution >= 0.6 is 11.6 Å². The van der Waals surface area contributed by atoms with Crippen molar-refractivity contribution in [2.75, 3.05) is 44.0 Å². The van der Waals surface area contributed by atoms with Gasteiger partial charge >= 0.3 is 0 Å². The molecule has 2 amide bonds. The highest BCUT2D eigenvalue weighted by Crippen LogP contribution is 2.29. The number of aromatic nitrogens is 2. The lowest BCUT2D eigenvalue weighted by Gasteiger charge is -2.25. The van der Waals surface area contributed by atoms with Gasteiger partial charge in [-0.15, -0.1) is 0 Å². The number of anilines is 2. The molecule has 0 aliphatic carbocycles. The molecule has 0 unspecified atom stereocenters. The molecule has 3 heterocycles. The fourth-order valence-electron chi connectivity index (χ4n) is 3.72. The van der Waals surface area contributed by atoms with Gasteiger partial charge in [0.2, 0.25) is 0 Å². The smallest absolute Gasteiger partial charge is 0.277 e. The van der Waals surface area contributed by atoms with E-state index in [1.54, 1.807) is 49.6 Å². The van der Waals surface area contributed by atoms with Crippen LogP contribution < -0.4 is 25.4 Å². The molecule has 37 heavy (non-hydrogen) atoms. The maximum absolute atomic E-state index is 13.4. The Bertz CT molecular complexity index is 1220. The van der Waals surface area contributed by atoms with Crippen molar-refractivity contribution in [1.82, 2.24) is 15.3 Å². The summed E-state index contributed by atoms with van der Waals surface area (Å²) in [6.07, 6.45) is 4.50. The van der Waals surface area contributed by atoms with Crippen LogP contribution in [0.3, 0.4) is 0 Å². The molecule has 194 valence electrons. The average molecular weight is 526 g/mol. The Kier molecular flexibility index (Phi) is 9.25. The van der Waals surface area contributed by atoms with Gasteiger partial charge in [-0.1, -0.05) is 11.6 Å². The molecule has 0 atom stereocenters. The average Bonchev–Trinajstić information content (AvgIpc) is 2.91.